The molecule has 2 fully saturated rings. The highest BCUT2D eigenvalue weighted by molar-refractivity contribution is 5.86. The van der Waals surface area contributed by atoms with Crippen molar-refractivity contribution in [3.05, 3.63) is 65.7 Å². The predicted molar refractivity (Wildman–Crippen MR) is 127 cm³/mol. The summed E-state index contributed by atoms with van der Waals surface area (Å²) < 4.78 is 18.0. The van der Waals surface area contributed by atoms with Crippen molar-refractivity contribution in [2.45, 2.75) is 51.2 Å². The molecule has 3 aromatic carbocycles. The van der Waals surface area contributed by atoms with Gasteiger partial charge >= 0.3 is 5.97 Å². The highest BCUT2D eigenvalue weighted by atomic mass is 16.5. The van der Waals surface area contributed by atoms with Crippen molar-refractivity contribution in [2.24, 2.45) is 11.8 Å². The highest BCUT2D eigenvalue weighted by Crippen LogP contribution is 2.47. The second-order valence-electron chi connectivity index (χ2n) is 9.43. The SMILES string of the molecule is COc1ccc(COc2ccc3cc(C(C)C(=O)O)ccc3c2)cc1OC1CC2CCC1C2. The van der Waals surface area contributed by atoms with Crippen molar-refractivity contribution in [1.82, 2.24) is 0 Å². The van der Waals surface area contributed by atoms with E-state index in [1.54, 1.807) is 14.0 Å². The van der Waals surface area contributed by atoms with Gasteiger partial charge < -0.3 is 19.3 Å². The fourth-order valence-electron chi connectivity index (χ4n) is 5.31. The van der Waals surface area contributed by atoms with Crippen LogP contribution in [0.4, 0.5) is 0 Å². The molecule has 0 spiro atoms. The number of carboxylic acids is 1. The molecule has 2 aliphatic carbocycles. The summed E-state index contributed by atoms with van der Waals surface area (Å²) in [6, 6.07) is 17.6. The zero-order valence-electron chi connectivity index (χ0n) is 19.1. The molecule has 0 aliphatic heterocycles. The molecule has 0 amide bonds. The quantitative estimate of drug-likeness (QED) is 0.447. The molecule has 0 saturated heterocycles. The highest BCUT2D eigenvalue weighted by Gasteiger charge is 2.41. The molecule has 5 nitrogen and oxygen atoms in total. The third-order valence-electron chi connectivity index (χ3n) is 7.29. The van der Waals surface area contributed by atoms with Crippen LogP contribution in [0.15, 0.2) is 54.6 Å². The van der Waals surface area contributed by atoms with Crippen molar-refractivity contribution >= 4 is 16.7 Å². The molecule has 2 bridgehead atoms. The Morgan fingerprint density at radius 1 is 1.00 bits per heavy atom. The molecular weight excluding hydrogens is 416 g/mol. The maximum Gasteiger partial charge on any atom is 0.310 e. The van der Waals surface area contributed by atoms with E-state index in [2.05, 4.69) is 0 Å². The zero-order valence-corrected chi connectivity index (χ0v) is 19.1. The van der Waals surface area contributed by atoms with Crippen LogP contribution in [0, 0.1) is 11.8 Å². The third kappa shape index (κ3) is 4.50. The van der Waals surface area contributed by atoms with Crippen molar-refractivity contribution in [1.29, 1.82) is 0 Å². The summed E-state index contributed by atoms with van der Waals surface area (Å²) in [5, 5.41) is 11.3. The Labute approximate surface area is 194 Å². The normalized spacial score (nSPS) is 22.3. The Kier molecular flexibility index (Phi) is 5.88. The van der Waals surface area contributed by atoms with Crippen molar-refractivity contribution in [3.8, 4) is 17.2 Å². The van der Waals surface area contributed by atoms with Crippen LogP contribution in [0.1, 0.15) is 49.7 Å². The number of carbonyl (C=O) groups is 1. The summed E-state index contributed by atoms with van der Waals surface area (Å²) >= 11 is 0. The number of methoxy groups -OCH3 is 1. The molecule has 1 N–H and O–H groups in total. The van der Waals surface area contributed by atoms with E-state index in [4.69, 9.17) is 14.2 Å². The van der Waals surface area contributed by atoms with E-state index in [0.717, 1.165) is 51.5 Å². The summed E-state index contributed by atoms with van der Waals surface area (Å²) in [5.41, 5.74) is 1.82. The van der Waals surface area contributed by atoms with Gasteiger partial charge in [-0.25, -0.2) is 0 Å². The fourth-order valence-corrected chi connectivity index (χ4v) is 5.31. The van der Waals surface area contributed by atoms with Crippen molar-refractivity contribution in [2.75, 3.05) is 7.11 Å². The van der Waals surface area contributed by atoms with Gasteiger partial charge in [-0.2, -0.15) is 0 Å². The van der Waals surface area contributed by atoms with E-state index in [1.165, 1.54) is 19.3 Å². The smallest absolute Gasteiger partial charge is 0.310 e. The lowest BCUT2D eigenvalue weighted by molar-refractivity contribution is -0.138. The Bertz CT molecular complexity index is 1170. The van der Waals surface area contributed by atoms with Crippen LogP contribution in [0.3, 0.4) is 0 Å². The maximum absolute atomic E-state index is 11.3. The minimum absolute atomic E-state index is 0.294. The minimum Gasteiger partial charge on any atom is -0.493 e. The van der Waals surface area contributed by atoms with Crippen LogP contribution in [-0.2, 0) is 11.4 Å². The van der Waals surface area contributed by atoms with Gasteiger partial charge in [0.2, 0.25) is 0 Å². The molecular formula is C28H30O5. The summed E-state index contributed by atoms with van der Waals surface area (Å²) in [6.07, 6.45) is 5.37. The summed E-state index contributed by atoms with van der Waals surface area (Å²) in [7, 11) is 1.68. The molecule has 0 heterocycles. The van der Waals surface area contributed by atoms with Gasteiger partial charge in [0.15, 0.2) is 11.5 Å². The number of fused-ring (bicyclic) bond motifs is 3. The van der Waals surface area contributed by atoms with Gasteiger partial charge in [-0.3, -0.25) is 4.79 Å². The van der Waals surface area contributed by atoms with Gasteiger partial charge in [0.25, 0.3) is 0 Å². The van der Waals surface area contributed by atoms with Crippen LogP contribution in [-0.4, -0.2) is 24.3 Å². The molecule has 172 valence electrons. The number of rotatable bonds is 8. The van der Waals surface area contributed by atoms with Crippen LogP contribution in [0.2, 0.25) is 0 Å². The summed E-state index contributed by atoms with van der Waals surface area (Å²) in [4.78, 5) is 11.3. The number of benzene rings is 3. The van der Waals surface area contributed by atoms with Crippen LogP contribution in [0.25, 0.3) is 10.8 Å². The Morgan fingerprint density at radius 3 is 2.55 bits per heavy atom. The molecule has 5 heteroatoms. The average Bonchev–Trinajstić information content (AvgIpc) is 3.45. The number of hydrogen-bond donors (Lipinski definition) is 1. The lowest BCUT2D eigenvalue weighted by Crippen LogP contribution is -2.23. The summed E-state index contributed by atoms with van der Waals surface area (Å²) in [5.74, 6) is 2.49. The van der Waals surface area contributed by atoms with E-state index in [0.29, 0.717) is 18.6 Å². The molecule has 33 heavy (non-hydrogen) atoms. The molecule has 2 saturated carbocycles. The first kappa shape index (κ1) is 21.6. The van der Waals surface area contributed by atoms with E-state index < -0.39 is 11.9 Å². The number of carboxylic acid groups (broad SMARTS) is 1. The van der Waals surface area contributed by atoms with Crippen LogP contribution in [0.5, 0.6) is 17.2 Å². The molecule has 4 atom stereocenters. The van der Waals surface area contributed by atoms with E-state index in [1.807, 2.05) is 54.6 Å². The summed E-state index contributed by atoms with van der Waals surface area (Å²) in [6.45, 7) is 2.13. The Balaban J connectivity index is 1.28. The predicted octanol–water partition coefficient (Wildman–Crippen LogP) is 6.18. The first-order chi connectivity index (χ1) is 16.0. The van der Waals surface area contributed by atoms with Gasteiger partial charge in [-0.05, 0) is 90.6 Å². The zero-order chi connectivity index (χ0) is 22.9. The number of ether oxygens (including phenoxy) is 3. The molecule has 5 rings (SSSR count). The lowest BCUT2D eigenvalue weighted by Gasteiger charge is -2.24. The van der Waals surface area contributed by atoms with Gasteiger partial charge in [-0.15, -0.1) is 0 Å². The van der Waals surface area contributed by atoms with Crippen molar-refractivity contribution < 1.29 is 24.1 Å². The van der Waals surface area contributed by atoms with Gasteiger partial charge in [0.05, 0.1) is 13.0 Å². The third-order valence-corrected chi connectivity index (χ3v) is 7.29. The van der Waals surface area contributed by atoms with Crippen LogP contribution < -0.4 is 14.2 Å². The molecule has 4 unspecified atom stereocenters. The Hall–Kier alpha value is -3.21. The molecule has 3 aromatic rings. The molecule has 0 aromatic heterocycles. The molecule has 2 aliphatic rings. The number of aliphatic carboxylic acids is 1. The van der Waals surface area contributed by atoms with E-state index in [-0.39, 0.29) is 0 Å². The second kappa shape index (κ2) is 8.97. The average molecular weight is 447 g/mol. The lowest BCUT2D eigenvalue weighted by atomic mass is 9.97. The maximum atomic E-state index is 11.3. The van der Waals surface area contributed by atoms with E-state index >= 15 is 0 Å². The van der Waals surface area contributed by atoms with Gasteiger partial charge in [-0.1, -0.05) is 30.3 Å². The van der Waals surface area contributed by atoms with E-state index in [9.17, 15) is 9.90 Å². The molecule has 0 radical (unpaired) electrons. The second-order valence-corrected chi connectivity index (χ2v) is 9.43. The topological polar surface area (TPSA) is 65.0 Å². The largest absolute Gasteiger partial charge is 0.493 e. The first-order valence-corrected chi connectivity index (χ1v) is 11.7. The van der Waals surface area contributed by atoms with Gasteiger partial charge in [0, 0.05) is 0 Å². The first-order valence-electron chi connectivity index (χ1n) is 11.7. The minimum atomic E-state index is -0.822. The Morgan fingerprint density at radius 2 is 1.82 bits per heavy atom. The van der Waals surface area contributed by atoms with Crippen molar-refractivity contribution in [3.63, 3.8) is 0 Å². The fraction of sp³-hybridized carbons (Fsp3) is 0.393. The monoisotopic (exact) mass is 446 g/mol. The van der Waals surface area contributed by atoms with Crippen LogP contribution >= 0.6 is 0 Å². The standard InChI is InChI=1S/C28H30O5/c1-17(28(29)30)20-6-7-22-15-24(9-8-21(22)14-20)32-16-19-4-10-25(31-2)27(13-19)33-26-12-18-3-5-23(26)11-18/h4,6-10,13-15,17-18,23,26H,3,5,11-12,16H2,1-2H3,(H,29,30). The van der Waals surface area contributed by atoms with Gasteiger partial charge in [0.1, 0.15) is 18.5 Å². The number of hydrogen-bond acceptors (Lipinski definition) is 4.